The van der Waals surface area contributed by atoms with Crippen molar-refractivity contribution in [2.24, 2.45) is 0 Å². The van der Waals surface area contributed by atoms with E-state index in [4.69, 9.17) is 9.47 Å². The van der Waals surface area contributed by atoms with Gasteiger partial charge in [-0.1, -0.05) is 36.4 Å². The summed E-state index contributed by atoms with van der Waals surface area (Å²) in [6, 6.07) is 19.2. The summed E-state index contributed by atoms with van der Waals surface area (Å²) in [4.78, 5) is 7.64. The molecule has 5 rings (SSSR count). The van der Waals surface area contributed by atoms with Gasteiger partial charge in [0.1, 0.15) is 0 Å². The van der Waals surface area contributed by atoms with Gasteiger partial charge in [0.25, 0.3) is 0 Å². The van der Waals surface area contributed by atoms with Gasteiger partial charge in [0.05, 0.1) is 20.3 Å². The van der Waals surface area contributed by atoms with Gasteiger partial charge in [-0.2, -0.15) is 0 Å². The Morgan fingerprint density at radius 1 is 1.03 bits per heavy atom. The maximum absolute atomic E-state index is 5.83. The lowest BCUT2D eigenvalue weighted by Crippen LogP contribution is -2.35. The molecule has 2 aromatic carbocycles. The monoisotopic (exact) mass is 404 g/mol. The molecule has 2 aromatic heterocycles. The zero-order chi connectivity index (χ0) is 19.8. The van der Waals surface area contributed by atoms with E-state index in [1.807, 2.05) is 17.4 Å². The molecule has 3 heterocycles. The minimum Gasteiger partial charge on any atom is -0.493 e. The fourth-order valence-electron chi connectivity index (χ4n) is 4.54. The minimum absolute atomic E-state index is 0.0818. The van der Waals surface area contributed by atoms with Crippen molar-refractivity contribution in [3.8, 4) is 11.5 Å². The van der Waals surface area contributed by atoms with Crippen molar-refractivity contribution >= 4 is 22.2 Å². The Morgan fingerprint density at radius 2 is 1.93 bits per heavy atom. The zero-order valence-corrected chi connectivity index (χ0v) is 17.5. The maximum atomic E-state index is 5.83. The van der Waals surface area contributed by atoms with Crippen LogP contribution >= 0.6 is 11.3 Å². The number of nitrogens with one attached hydrogen (secondary N) is 1. The lowest BCUT2D eigenvalue weighted by Gasteiger charge is -2.36. The van der Waals surface area contributed by atoms with Crippen LogP contribution in [0.1, 0.15) is 27.7 Å². The SMILES string of the molecule is COc1cccc([C@@H]2c3[nH]c4ccccc4c3CCN2Cc2cccs2)c1OC. The van der Waals surface area contributed by atoms with Crippen molar-refractivity contribution in [2.75, 3.05) is 20.8 Å². The van der Waals surface area contributed by atoms with Gasteiger partial charge >= 0.3 is 0 Å². The molecule has 0 spiro atoms. The molecule has 0 fully saturated rings. The summed E-state index contributed by atoms with van der Waals surface area (Å²) in [6.07, 6.45) is 1.04. The number of benzene rings is 2. The van der Waals surface area contributed by atoms with Gasteiger partial charge in [-0.05, 0) is 35.6 Å². The third kappa shape index (κ3) is 3.11. The molecule has 0 amide bonds. The number of ether oxygens (including phenoxy) is 2. The number of aromatic amines is 1. The summed E-state index contributed by atoms with van der Waals surface area (Å²) >= 11 is 1.81. The lowest BCUT2D eigenvalue weighted by molar-refractivity contribution is 0.199. The summed E-state index contributed by atoms with van der Waals surface area (Å²) in [5.41, 5.74) is 5.01. The topological polar surface area (TPSA) is 37.5 Å². The van der Waals surface area contributed by atoms with Crippen molar-refractivity contribution in [1.29, 1.82) is 0 Å². The Balaban J connectivity index is 1.69. The molecule has 1 atom stereocenters. The highest BCUT2D eigenvalue weighted by molar-refractivity contribution is 7.09. The van der Waals surface area contributed by atoms with Gasteiger partial charge < -0.3 is 14.5 Å². The number of rotatable bonds is 5. The first-order valence-corrected chi connectivity index (χ1v) is 10.7. The van der Waals surface area contributed by atoms with E-state index >= 15 is 0 Å². The highest BCUT2D eigenvalue weighted by Gasteiger charge is 2.34. The van der Waals surface area contributed by atoms with E-state index < -0.39 is 0 Å². The highest BCUT2D eigenvalue weighted by Crippen LogP contribution is 2.44. The van der Waals surface area contributed by atoms with Crippen LogP contribution in [0.15, 0.2) is 60.0 Å². The third-order valence-corrected chi connectivity index (χ3v) is 6.66. The van der Waals surface area contributed by atoms with Crippen LogP contribution in [0.2, 0.25) is 0 Å². The molecular weight excluding hydrogens is 380 g/mol. The maximum Gasteiger partial charge on any atom is 0.165 e. The molecule has 0 saturated heterocycles. The molecule has 0 aliphatic carbocycles. The Kier molecular flexibility index (Phi) is 4.78. The third-order valence-electron chi connectivity index (χ3n) is 5.80. The van der Waals surface area contributed by atoms with Crippen molar-refractivity contribution < 1.29 is 9.47 Å². The predicted molar refractivity (Wildman–Crippen MR) is 118 cm³/mol. The molecule has 29 heavy (non-hydrogen) atoms. The van der Waals surface area contributed by atoms with Crippen molar-refractivity contribution in [1.82, 2.24) is 9.88 Å². The Bertz CT molecular complexity index is 1130. The fraction of sp³-hybridized carbons (Fsp3) is 0.250. The zero-order valence-electron chi connectivity index (χ0n) is 16.6. The first kappa shape index (κ1) is 18.3. The minimum atomic E-state index is 0.0818. The second-order valence-corrected chi connectivity index (χ2v) is 8.38. The van der Waals surface area contributed by atoms with Gasteiger partial charge in [0, 0.05) is 40.1 Å². The Labute approximate surface area is 174 Å². The van der Waals surface area contributed by atoms with Crippen molar-refractivity contribution in [3.05, 3.63) is 81.7 Å². The second kappa shape index (κ2) is 7.58. The molecule has 0 bridgehead atoms. The molecule has 1 N–H and O–H groups in total. The van der Waals surface area contributed by atoms with Crippen LogP contribution in [0.4, 0.5) is 0 Å². The van der Waals surface area contributed by atoms with E-state index in [1.54, 1.807) is 14.2 Å². The summed E-state index contributed by atoms with van der Waals surface area (Å²) in [7, 11) is 3.42. The number of hydrogen-bond donors (Lipinski definition) is 1. The average Bonchev–Trinajstić information content (AvgIpc) is 3.40. The predicted octanol–water partition coefficient (Wildman–Crippen LogP) is 5.39. The quantitative estimate of drug-likeness (QED) is 0.484. The summed E-state index contributed by atoms with van der Waals surface area (Å²) in [5.74, 6) is 1.58. The number of thiophene rings is 1. The normalized spacial score (nSPS) is 16.7. The summed E-state index contributed by atoms with van der Waals surface area (Å²) in [6.45, 7) is 1.91. The van der Waals surface area contributed by atoms with Crippen molar-refractivity contribution in [3.63, 3.8) is 0 Å². The number of nitrogens with zero attached hydrogens (tertiary/aromatic N) is 1. The number of hydrogen-bond acceptors (Lipinski definition) is 4. The first-order chi connectivity index (χ1) is 14.3. The average molecular weight is 405 g/mol. The Morgan fingerprint density at radius 3 is 2.72 bits per heavy atom. The van der Waals surface area contributed by atoms with E-state index in [0.717, 1.165) is 36.6 Å². The number of para-hydroxylation sites is 2. The number of fused-ring (bicyclic) bond motifs is 3. The van der Waals surface area contributed by atoms with Crippen LogP contribution < -0.4 is 9.47 Å². The van der Waals surface area contributed by atoms with E-state index in [0.29, 0.717) is 0 Å². The largest absolute Gasteiger partial charge is 0.493 e. The van der Waals surface area contributed by atoms with Crippen molar-refractivity contribution in [2.45, 2.75) is 19.0 Å². The fourth-order valence-corrected chi connectivity index (χ4v) is 5.27. The highest BCUT2D eigenvalue weighted by atomic mass is 32.1. The van der Waals surface area contributed by atoms with Gasteiger partial charge in [0.2, 0.25) is 0 Å². The molecule has 1 aliphatic rings. The number of H-pyrrole nitrogens is 1. The van der Waals surface area contributed by atoms with E-state index in [2.05, 4.69) is 63.8 Å². The lowest BCUT2D eigenvalue weighted by atomic mass is 9.91. The van der Waals surface area contributed by atoms with E-state index in [-0.39, 0.29) is 6.04 Å². The van der Waals surface area contributed by atoms with Crippen LogP contribution in [0.25, 0.3) is 10.9 Å². The molecule has 4 nitrogen and oxygen atoms in total. The van der Waals surface area contributed by atoms with Gasteiger partial charge in [-0.15, -0.1) is 11.3 Å². The molecule has 0 saturated carbocycles. The molecule has 5 heteroatoms. The summed E-state index contributed by atoms with van der Waals surface area (Å²) in [5, 5.41) is 3.47. The van der Waals surface area contributed by atoms with Gasteiger partial charge in [0.15, 0.2) is 11.5 Å². The standard InChI is InChI=1S/C24H24N2O2S/c1-27-21-11-5-9-19(24(21)28-2)23-22-18(17-8-3-4-10-20(17)25-22)12-13-26(23)15-16-7-6-14-29-16/h3-11,14,23,25H,12-13,15H2,1-2H3/t23-/m1/s1. The molecular formula is C24H24N2O2S. The number of methoxy groups -OCH3 is 2. The van der Waals surface area contributed by atoms with Crippen LogP contribution in [0.5, 0.6) is 11.5 Å². The molecule has 0 radical (unpaired) electrons. The molecule has 148 valence electrons. The number of aromatic nitrogens is 1. The van der Waals surface area contributed by atoms with Gasteiger partial charge in [-0.25, -0.2) is 0 Å². The van der Waals surface area contributed by atoms with Gasteiger partial charge in [-0.3, -0.25) is 4.90 Å². The summed E-state index contributed by atoms with van der Waals surface area (Å²) < 4.78 is 11.4. The molecule has 0 unspecified atom stereocenters. The van der Waals surface area contributed by atoms with E-state index in [9.17, 15) is 0 Å². The Hall–Kier alpha value is -2.76. The first-order valence-electron chi connectivity index (χ1n) is 9.87. The molecule has 1 aliphatic heterocycles. The molecule has 4 aromatic rings. The van der Waals surface area contributed by atoms with Crippen LogP contribution in [0, 0.1) is 0 Å². The van der Waals surface area contributed by atoms with Crippen LogP contribution in [0.3, 0.4) is 0 Å². The van der Waals surface area contributed by atoms with E-state index in [1.165, 1.54) is 27.0 Å². The van der Waals surface area contributed by atoms with Crippen LogP contribution in [-0.4, -0.2) is 30.6 Å². The smallest absolute Gasteiger partial charge is 0.165 e. The van der Waals surface area contributed by atoms with Crippen LogP contribution in [-0.2, 0) is 13.0 Å². The second-order valence-electron chi connectivity index (χ2n) is 7.35.